The Morgan fingerprint density at radius 1 is 0.692 bits per heavy atom. The van der Waals surface area contributed by atoms with Crippen molar-refractivity contribution in [3.8, 4) is 0 Å². The summed E-state index contributed by atoms with van der Waals surface area (Å²) in [4.78, 5) is 11.7. The Bertz CT molecular complexity index is 673. The van der Waals surface area contributed by atoms with Crippen molar-refractivity contribution in [1.29, 1.82) is 0 Å². The van der Waals surface area contributed by atoms with Crippen LogP contribution in [-0.2, 0) is 0 Å². The van der Waals surface area contributed by atoms with Gasteiger partial charge in [-0.2, -0.15) is 0 Å². The second-order valence-electron chi connectivity index (χ2n) is 6.48. The van der Waals surface area contributed by atoms with Gasteiger partial charge in [0.15, 0.2) is 0 Å². The van der Waals surface area contributed by atoms with Gasteiger partial charge in [-0.1, -0.05) is 64.1 Å². The van der Waals surface area contributed by atoms with E-state index in [0.717, 1.165) is 0 Å². The minimum Gasteiger partial charge on any atom is -0.291 e. The van der Waals surface area contributed by atoms with Gasteiger partial charge in [0.2, 0.25) is 0 Å². The van der Waals surface area contributed by atoms with Crippen LogP contribution in [0.1, 0.15) is 38.8 Å². The highest BCUT2D eigenvalue weighted by Crippen LogP contribution is 2.26. The summed E-state index contributed by atoms with van der Waals surface area (Å²) in [5, 5.41) is 1.14. The molecule has 0 bridgehead atoms. The maximum atomic E-state index is 4.55. The van der Waals surface area contributed by atoms with E-state index in [0.29, 0.717) is 23.6 Å². The average Bonchev–Trinajstić information content (AvgIpc) is 2.59. The summed E-state index contributed by atoms with van der Waals surface area (Å²) in [6.45, 7) is 10.3. The fourth-order valence-electron chi connectivity index (χ4n) is 2.34. The maximum absolute atomic E-state index is 4.55. The quantitative estimate of drug-likeness (QED) is 0.291. The highest BCUT2D eigenvalue weighted by atomic mass is 32.2. The van der Waals surface area contributed by atoms with Crippen LogP contribution < -0.4 is 0 Å². The summed E-state index contributed by atoms with van der Waals surface area (Å²) in [5.74, 6) is 0. The van der Waals surface area contributed by atoms with E-state index in [1.807, 2.05) is 36.0 Å². The van der Waals surface area contributed by atoms with Crippen molar-refractivity contribution in [2.75, 3.05) is 13.1 Å². The Morgan fingerprint density at radius 3 is 1.46 bits per heavy atom. The van der Waals surface area contributed by atoms with E-state index in [-0.39, 0.29) is 0 Å². The van der Waals surface area contributed by atoms with Crippen LogP contribution in [0.4, 0.5) is 0 Å². The van der Waals surface area contributed by atoms with Gasteiger partial charge >= 0.3 is 0 Å². The molecule has 0 aliphatic rings. The van der Waals surface area contributed by atoms with Crippen LogP contribution in [0.5, 0.6) is 0 Å². The third-order valence-electron chi connectivity index (χ3n) is 3.38. The lowest BCUT2D eigenvalue weighted by Gasteiger charge is -2.08. The SMILES string of the molecule is CC(C)Sc1ccccc1C=NCCN=Cc1ccccc1SC(C)C. The summed E-state index contributed by atoms with van der Waals surface area (Å²) in [6.07, 6.45) is 3.95. The van der Waals surface area contributed by atoms with E-state index in [1.165, 1.54) is 20.9 Å². The number of aliphatic imine (C=N–C) groups is 2. The zero-order chi connectivity index (χ0) is 18.8. The molecule has 0 aromatic heterocycles. The number of hydrogen-bond donors (Lipinski definition) is 0. The van der Waals surface area contributed by atoms with Gasteiger partial charge < -0.3 is 0 Å². The van der Waals surface area contributed by atoms with Gasteiger partial charge in [0.25, 0.3) is 0 Å². The van der Waals surface area contributed by atoms with Crippen LogP contribution in [0.15, 0.2) is 68.3 Å². The van der Waals surface area contributed by atoms with Gasteiger partial charge in [-0.05, 0) is 12.1 Å². The van der Waals surface area contributed by atoms with E-state index >= 15 is 0 Å². The zero-order valence-corrected chi connectivity index (χ0v) is 17.7. The van der Waals surface area contributed by atoms with Crippen molar-refractivity contribution in [3.63, 3.8) is 0 Å². The third-order valence-corrected chi connectivity index (χ3v) is 5.58. The minimum atomic E-state index is 0.568. The Hall–Kier alpha value is -1.52. The predicted molar refractivity (Wildman–Crippen MR) is 120 cm³/mol. The average molecular weight is 385 g/mol. The molecule has 0 aliphatic heterocycles. The molecule has 2 rings (SSSR count). The van der Waals surface area contributed by atoms with Gasteiger partial charge in [0, 0.05) is 43.8 Å². The van der Waals surface area contributed by atoms with Crippen LogP contribution in [-0.4, -0.2) is 36.0 Å². The number of hydrogen-bond acceptors (Lipinski definition) is 4. The molecule has 0 saturated heterocycles. The first kappa shape index (κ1) is 20.8. The first-order valence-electron chi connectivity index (χ1n) is 9.07. The topological polar surface area (TPSA) is 24.7 Å². The van der Waals surface area contributed by atoms with E-state index in [1.54, 1.807) is 0 Å². The van der Waals surface area contributed by atoms with Crippen molar-refractivity contribution in [1.82, 2.24) is 0 Å². The fourth-order valence-corrected chi connectivity index (χ4v) is 4.18. The Kier molecular flexibility index (Phi) is 8.99. The molecule has 4 heteroatoms. The van der Waals surface area contributed by atoms with Gasteiger partial charge in [-0.25, -0.2) is 0 Å². The molecule has 0 N–H and O–H groups in total. The number of nitrogens with zero attached hydrogens (tertiary/aromatic N) is 2. The molecule has 0 amide bonds. The van der Waals surface area contributed by atoms with Gasteiger partial charge in [-0.3, -0.25) is 9.98 Å². The lowest BCUT2D eigenvalue weighted by Crippen LogP contribution is -1.95. The molecule has 2 aromatic carbocycles. The Balaban J connectivity index is 1.89. The summed E-state index contributed by atoms with van der Waals surface area (Å²) in [6, 6.07) is 16.9. The number of thioether (sulfide) groups is 2. The van der Waals surface area contributed by atoms with Crippen molar-refractivity contribution in [2.24, 2.45) is 9.98 Å². The number of benzene rings is 2. The van der Waals surface area contributed by atoms with Gasteiger partial charge in [-0.15, -0.1) is 23.5 Å². The Morgan fingerprint density at radius 2 is 1.08 bits per heavy atom. The standard InChI is InChI=1S/C22H28N2S2/c1-17(2)25-21-11-7-5-9-19(21)15-23-13-14-24-16-20-10-6-8-12-22(20)26-18(3)4/h5-12,15-18H,13-14H2,1-4H3. The first-order chi connectivity index (χ1) is 12.6. The van der Waals surface area contributed by atoms with Crippen molar-refractivity contribution in [3.05, 3.63) is 59.7 Å². The highest BCUT2D eigenvalue weighted by Gasteiger charge is 2.03. The van der Waals surface area contributed by atoms with E-state index in [9.17, 15) is 0 Å². The molecular formula is C22H28N2S2. The fraction of sp³-hybridized carbons (Fsp3) is 0.364. The molecule has 26 heavy (non-hydrogen) atoms. The molecule has 2 aromatic rings. The van der Waals surface area contributed by atoms with Crippen LogP contribution in [0.3, 0.4) is 0 Å². The predicted octanol–water partition coefficient (Wildman–Crippen LogP) is 6.23. The first-order valence-corrected chi connectivity index (χ1v) is 10.8. The largest absolute Gasteiger partial charge is 0.291 e. The molecule has 0 heterocycles. The summed E-state index contributed by atoms with van der Waals surface area (Å²) >= 11 is 3.75. The Labute approximate surface area is 166 Å². The van der Waals surface area contributed by atoms with Crippen molar-refractivity contribution >= 4 is 36.0 Å². The number of rotatable bonds is 9. The van der Waals surface area contributed by atoms with E-state index in [2.05, 4.69) is 86.2 Å². The molecule has 0 spiro atoms. The molecule has 0 saturated carbocycles. The minimum absolute atomic E-state index is 0.568. The second-order valence-corrected chi connectivity index (χ2v) is 9.72. The smallest absolute Gasteiger partial charge is 0.0585 e. The third kappa shape index (κ3) is 7.38. The van der Waals surface area contributed by atoms with Crippen molar-refractivity contribution in [2.45, 2.75) is 48.0 Å². The lowest BCUT2D eigenvalue weighted by molar-refractivity contribution is 0.983. The normalized spacial score (nSPS) is 12.1. The van der Waals surface area contributed by atoms with Crippen LogP contribution in [0, 0.1) is 0 Å². The molecule has 0 radical (unpaired) electrons. The van der Waals surface area contributed by atoms with Crippen LogP contribution >= 0.6 is 23.5 Å². The van der Waals surface area contributed by atoms with Crippen molar-refractivity contribution < 1.29 is 0 Å². The monoisotopic (exact) mass is 384 g/mol. The lowest BCUT2D eigenvalue weighted by atomic mass is 10.2. The maximum Gasteiger partial charge on any atom is 0.0585 e. The van der Waals surface area contributed by atoms with E-state index in [4.69, 9.17) is 0 Å². The van der Waals surface area contributed by atoms with E-state index < -0.39 is 0 Å². The highest BCUT2D eigenvalue weighted by molar-refractivity contribution is 8.00. The van der Waals surface area contributed by atoms with Crippen LogP contribution in [0.25, 0.3) is 0 Å². The summed E-state index contributed by atoms with van der Waals surface area (Å²) in [7, 11) is 0. The summed E-state index contributed by atoms with van der Waals surface area (Å²) < 4.78 is 0. The molecule has 138 valence electrons. The summed E-state index contributed by atoms with van der Waals surface area (Å²) in [5.41, 5.74) is 2.38. The molecule has 0 aliphatic carbocycles. The molecule has 0 unspecified atom stereocenters. The van der Waals surface area contributed by atoms with Crippen LogP contribution in [0.2, 0.25) is 0 Å². The zero-order valence-electron chi connectivity index (χ0n) is 16.1. The molecule has 0 fully saturated rings. The second kappa shape index (κ2) is 11.2. The molecule has 2 nitrogen and oxygen atoms in total. The van der Waals surface area contributed by atoms with Gasteiger partial charge in [0.1, 0.15) is 0 Å². The molecular weight excluding hydrogens is 356 g/mol. The molecule has 0 atom stereocenters. The van der Waals surface area contributed by atoms with Gasteiger partial charge in [0.05, 0.1) is 13.1 Å².